The Morgan fingerprint density at radius 2 is 1.86 bits per heavy atom. The van der Waals surface area contributed by atoms with Crippen LogP contribution in [0.25, 0.3) is 0 Å². The van der Waals surface area contributed by atoms with Crippen LogP contribution < -0.4 is 0 Å². The normalized spacial score (nSPS) is 12.0. The molecule has 0 aliphatic rings. The van der Waals surface area contributed by atoms with Gasteiger partial charge >= 0.3 is 0 Å². The van der Waals surface area contributed by atoms with E-state index in [-0.39, 0.29) is 0 Å². The van der Waals surface area contributed by atoms with Gasteiger partial charge in [0.1, 0.15) is 0 Å². The molecule has 0 saturated carbocycles. The third-order valence-corrected chi connectivity index (χ3v) is 5.46. The molecule has 0 fully saturated rings. The van der Waals surface area contributed by atoms with E-state index in [1.807, 2.05) is 26.0 Å². The number of nitrogens with zero attached hydrogens (tertiary/aromatic N) is 1. The molecule has 0 bridgehead atoms. The lowest BCUT2D eigenvalue weighted by atomic mass is 10.1. The molecule has 0 aliphatic heterocycles. The SMILES string of the molecule is CCOCCN(CC)S(=O)(=O)c1ccc(CCCCl)cc1. The van der Waals surface area contributed by atoms with Crippen LogP contribution in [0.5, 0.6) is 0 Å². The van der Waals surface area contributed by atoms with Crippen molar-refractivity contribution in [2.24, 2.45) is 0 Å². The van der Waals surface area contributed by atoms with Crippen molar-refractivity contribution in [3.63, 3.8) is 0 Å². The number of benzene rings is 1. The van der Waals surface area contributed by atoms with Gasteiger partial charge in [-0.25, -0.2) is 8.42 Å². The van der Waals surface area contributed by atoms with Crippen LogP contribution in [-0.4, -0.2) is 44.9 Å². The van der Waals surface area contributed by atoms with Crippen molar-refractivity contribution in [2.75, 3.05) is 32.2 Å². The van der Waals surface area contributed by atoms with Gasteiger partial charge in [-0.3, -0.25) is 0 Å². The van der Waals surface area contributed by atoms with Gasteiger partial charge in [0, 0.05) is 25.6 Å². The molecule has 0 radical (unpaired) electrons. The Labute approximate surface area is 133 Å². The largest absolute Gasteiger partial charge is 0.380 e. The fourth-order valence-corrected chi connectivity index (χ4v) is 3.57. The van der Waals surface area contributed by atoms with Crippen molar-refractivity contribution in [3.05, 3.63) is 29.8 Å². The highest BCUT2D eigenvalue weighted by Crippen LogP contribution is 2.17. The predicted octanol–water partition coefficient (Wildman–Crippen LogP) is 2.91. The maximum atomic E-state index is 12.5. The summed E-state index contributed by atoms with van der Waals surface area (Å²) in [4.78, 5) is 0.329. The van der Waals surface area contributed by atoms with E-state index in [1.165, 1.54) is 4.31 Å². The first-order valence-electron chi connectivity index (χ1n) is 7.29. The molecule has 0 aliphatic carbocycles. The molecule has 0 saturated heterocycles. The Morgan fingerprint density at radius 1 is 1.19 bits per heavy atom. The van der Waals surface area contributed by atoms with Crippen LogP contribution in [0.4, 0.5) is 0 Å². The second kappa shape index (κ2) is 9.41. The lowest BCUT2D eigenvalue weighted by molar-refractivity contribution is 0.135. The van der Waals surface area contributed by atoms with Gasteiger partial charge < -0.3 is 4.74 Å². The van der Waals surface area contributed by atoms with Gasteiger partial charge in [-0.2, -0.15) is 4.31 Å². The van der Waals surface area contributed by atoms with Crippen LogP contribution in [0, 0.1) is 0 Å². The fraction of sp³-hybridized carbons (Fsp3) is 0.600. The topological polar surface area (TPSA) is 46.6 Å². The number of ether oxygens (including phenoxy) is 1. The van der Waals surface area contributed by atoms with Gasteiger partial charge in [-0.1, -0.05) is 19.1 Å². The maximum Gasteiger partial charge on any atom is 0.243 e. The zero-order chi connectivity index (χ0) is 15.7. The second-order valence-electron chi connectivity index (χ2n) is 4.63. The van der Waals surface area contributed by atoms with Gasteiger partial charge in [-0.05, 0) is 37.5 Å². The van der Waals surface area contributed by atoms with Gasteiger partial charge in [0.15, 0.2) is 0 Å². The number of hydrogen-bond acceptors (Lipinski definition) is 3. The van der Waals surface area contributed by atoms with Gasteiger partial charge in [0.25, 0.3) is 0 Å². The Morgan fingerprint density at radius 3 is 2.38 bits per heavy atom. The van der Waals surface area contributed by atoms with Crippen LogP contribution in [0.1, 0.15) is 25.8 Å². The van der Waals surface area contributed by atoms with E-state index >= 15 is 0 Å². The van der Waals surface area contributed by atoms with E-state index in [9.17, 15) is 8.42 Å². The number of rotatable bonds is 10. The standard InChI is InChI=1S/C15H24ClNO3S/c1-3-17(12-13-20-4-2)21(18,19)15-9-7-14(8-10-15)6-5-11-16/h7-10H,3-6,11-13H2,1-2H3. The molecule has 120 valence electrons. The zero-order valence-electron chi connectivity index (χ0n) is 12.7. The van der Waals surface area contributed by atoms with Crippen LogP contribution in [0.15, 0.2) is 29.2 Å². The molecule has 1 rings (SSSR count). The van der Waals surface area contributed by atoms with Crippen molar-refractivity contribution < 1.29 is 13.2 Å². The van der Waals surface area contributed by atoms with Crippen LogP contribution >= 0.6 is 11.6 Å². The fourth-order valence-electron chi connectivity index (χ4n) is 2.01. The summed E-state index contributed by atoms with van der Waals surface area (Å²) in [5.41, 5.74) is 1.10. The summed E-state index contributed by atoms with van der Waals surface area (Å²) in [5, 5.41) is 0. The first kappa shape index (κ1) is 18.4. The molecule has 0 atom stereocenters. The minimum Gasteiger partial charge on any atom is -0.380 e. The molecule has 0 aromatic heterocycles. The third-order valence-electron chi connectivity index (χ3n) is 3.20. The molecule has 0 unspecified atom stereocenters. The molecule has 4 nitrogen and oxygen atoms in total. The summed E-state index contributed by atoms with van der Waals surface area (Å²) in [6.07, 6.45) is 1.76. The van der Waals surface area contributed by atoms with E-state index in [4.69, 9.17) is 16.3 Å². The smallest absolute Gasteiger partial charge is 0.243 e. The van der Waals surface area contributed by atoms with Crippen molar-refractivity contribution in [3.8, 4) is 0 Å². The summed E-state index contributed by atoms with van der Waals surface area (Å²) in [6.45, 7) is 5.54. The van der Waals surface area contributed by atoms with Gasteiger partial charge in [0.05, 0.1) is 11.5 Å². The highest BCUT2D eigenvalue weighted by Gasteiger charge is 2.22. The monoisotopic (exact) mass is 333 g/mol. The van der Waals surface area contributed by atoms with Crippen LogP contribution in [-0.2, 0) is 21.2 Å². The molecule has 21 heavy (non-hydrogen) atoms. The zero-order valence-corrected chi connectivity index (χ0v) is 14.3. The Hall–Kier alpha value is -0.620. The minimum atomic E-state index is -3.44. The highest BCUT2D eigenvalue weighted by atomic mass is 35.5. The summed E-state index contributed by atoms with van der Waals surface area (Å²) in [7, 11) is -3.44. The Balaban J connectivity index is 2.79. The molecule has 0 heterocycles. The second-order valence-corrected chi connectivity index (χ2v) is 6.95. The van der Waals surface area contributed by atoms with Crippen molar-refractivity contribution in [2.45, 2.75) is 31.6 Å². The summed E-state index contributed by atoms with van der Waals surface area (Å²) in [6, 6.07) is 7.05. The van der Waals surface area contributed by atoms with E-state index < -0.39 is 10.0 Å². The highest BCUT2D eigenvalue weighted by molar-refractivity contribution is 7.89. The number of hydrogen-bond donors (Lipinski definition) is 0. The molecule has 0 amide bonds. The Bertz CT molecular complexity index is 502. The van der Waals surface area contributed by atoms with Crippen LogP contribution in [0.2, 0.25) is 0 Å². The third kappa shape index (κ3) is 5.58. The first-order valence-corrected chi connectivity index (χ1v) is 9.26. The number of halogens is 1. The number of likely N-dealkylation sites (N-methyl/N-ethyl adjacent to an activating group) is 1. The molecule has 0 N–H and O–H groups in total. The Kier molecular flexibility index (Phi) is 8.26. The van der Waals surface area contributed by atoms with Crippen molar-refractivity contribution >= 4 is 21.6 Å². The molecular formula is C15H24ClNO3S. The molecule has 1 aromatic rings. The number of aryl methyl sites for hydroxylation is 1. The minimum absolute atomic E-state index is 0.329. The van der Waals surface area contributed by atoms with Crippen LogP contribution in [0.3, 0.4) is 0 Å². The van der Waals surface area contributed by atoms with Crippen molar-refractivity contribution in [1.82, 2.24) is 4.31 Å². The average molecular weight is 334 g/mol. The quantitative estimate of drug-likeness (QED) is 0.488. The lowest BCUT2D eigenvalue weighted by Crippen LogP contribution is -2.33. The number of sulfonamides is 1. The molecule has 0 spiro atoms. The summed E-state index contributed by atoms with van der Waals surface area (Å²) < 4.78 is 31.7. The molecule has 6 heteroatoms. The molecular weight excluding hydrogens is 310 g/mol. The molecule has 1 aromatic carbocycles. The average Bonchev–Trinajstić information content (AvgIpc) is 2.49. The van der Waals surface area contributed by atoms with Gasteiger partial charge in [0.2, 0.25) is 10.0 Å². The van der Waals surface area contributed by atoms with E-state index in [0.29, 0.717) is 37.1 Å². The lowest BCUT2D eigenvalue weighted by Gasteiger charge is -2.20. The van der Waals surface area contributed by atoms with E-state index in [0.717, 1.165) is 18.4 Å². The van der Waals surface area contributed by atoms with E-state index in [1.54, 1.807) is 12.1 Å². The van der Waals surface area contributed by atoms with E-state index in [2.05, 4.69) is 0 Å². The summed E-state index contributed by atoms with van der Waals surface area (Å²) >= 11 is 5.66. The van der Waals surface area contributed by atoms with Gasteiger partial charge in [-0.15, -0.1) is 11.6 Å². The maximum absolute atomic E-state index is 12.5. The van der Waals surface area contributed by atoms with Crippen molar-refractivity contribution in [1.29, 1.82) is 0 Å². The number of alkyl halides is 1. The predicted molar refractivity (Wildman–Crippen MR) is 86.4 cm³/mol. The summed E-state index contributed by atoms with van der Waals surface area (Å²) in [5.74, 6) is 0.612. The first-order chi connectivity index (χ1) is 10.1.